The number of thioether (sulfide) groups is 1. The van der Waals surface area contributed by atoms with Crippen LogP contribution in [0.2, 0.25) is 0 Å². The highest BCUT2D eigenvalue weighted by molar-refractivity contribution is 7.99. The molecular formula is C19H21FN6O2S. The minimum Gasteiger partial charge on any atom is -0.313 e. The van der Waals surface area contributed by atoms with Crippen molar-refractivity contribution in [3.8, 4) is 0 Å². The number of hydrogen-bond donors (Lipinski definition) is 0. The lowest BCUT2D eigenvalue weighted by atomic mass is 10.2. The van der Waals surface area contributed by atoms with Gasteiger partial charge in [-0.05, 0) is 25.1 Å². The van der Waals surface area contributed by atoms with Gasteiger partial charge < -0.3 is 4.90 Å². The summed E-state index contributed by atoms with van der Waals surface area (Å²) in [6.07, 6.45) is -1.27. The van der Waals surface area contributed by atoms with E-state index in [-0.39, 0.29) is 11.5 Å². The molecule has 3 heterocycles. The standard InChI is InChI=1S/C19H21FN6O2S/c1-14-21-9-10-23(14)18-8-7-16(26(27)28)19(22-18)25(15-5-3-2-4-6-15)24-11-12-29-13-17(24)20/h2-8,17H,9-13H2,1H3. The number of hydrazine groups is 1. The van der Waals surface area contributed by atoms with Crippen molar-refractivity contribution in [2.75, 3.05) is 41.0 Å². The number of nitrogens with zero attached hydrogens (tertiary/aromatic N) is 6. The maximum atomic E-state index is 14.9. The molecule has 0 aliphatic carbocycles. The predicted molar refractivity (Wildman–Crippen MR) is 114 cm³/mol. The van der Waals surface area contributed by atoms with Gasteiger partial charge in [0, 0.05) is 30.7 Å². The lowest BCUT2D eigenvalue weighted by Crippen LogP contribution is -2.50. The van der Waals surface area contributed by atoms with Crippen LogP contribution in [0.4, 0.5) is 27.4 Å². The van der Waals surface area contributed by atoms with Gasteiger partial charge in [-0.15, -0.1) is 0 Å². The second-order valence-corrected chi connectivity index (χ2v) is 7.82. The molecule has 1 unspecified atom stereocenters. The van der Waals surface area contributed by atoms with Crippen LogP contribution in [0.5, 0.6) is 0 Å². The van der Waals surface area contributed by atoms with Gasteiger partial charge in [0.25, 0.3) is 0 Å². The summed E-state index contributed by atoms with van der Waals surface area (Å²) in [6.45, 7) is 3.61. The number of aromatic nitrogens is 1. The van der Waals surface area contributed by atoms with Crippen LogP contribution in [-0.2, 0) is 0 Å². The number of aliphatic imine (C=N–C) groups is 1. The summed E-state index contributed by atoms with van der Waals surface area (Å²) in [5.41, 5.74) is 0.457. The lowest BCUT2D eigenvalue weighted by Gasteiger charge is -2.39. The van der Waals surface area contributed by atoms with Crippen molar-refractivity contribution in [3.05, 3.63) is 52.6 Å². The SMILES string of the molecule is CC1=NCCN1c1ccc([N+](=O)[O-])c(N(c2ccccc2)N2CCSCC2F)n1. The topological polar surface area (TPSA) is 78.1 Å². The second-order valence-electron chi connectivity index (χ2n) is 6.67. The van der Waals surface area contributed by atoms with Crippen LogP contribution in [-0.4, -0.2) is 58.2 Å². The number of anilines is 3. The lowest BCUT2D eigenvalue weighted by molar-refractivity contribution is -0.384. The zero-order valence-electron chi connectivity index (χ0n) is 15.9. The van der Waals surface area contributed by atoms with Crippen LogP contribution in [0, 0.1) is 10.1 Å². The first-order chi connectivity index (χ1) is 14.1. The van der Waals surface area contributed by atoms with Gasteiger partial charge in [0.05, 0.1) is 17.2 Å². The number of alkyl halides is 1. The molecule has 0 radical (unpaired) electrons. The summed E-state index contributed by atoms with van der Waals surface area (Å²) in [6, 6.07) is 12.1. The molecule has 0 saturated carbocycles. The van der Waals surface area contributed by atoms with Crippen LogP contribution in [0.3, 0.4) is 0 Å². The molecule has 152 valence electrons. The van der Waals surface area contributed by atoms with E-state index in [1.54, 1.807) is 23.2 Å². The summed E-state index contributed by atoms with van der Waals surface area (Å²) in [5, 5.41) is 14.9. The molecular weight excluding hydrogens is 395 g/mol. The number of halogens is 1. The maximum Gasteiger partial charge on any atom is 0.313 e. The van der Waals surface area contributed by atoms with E-state index in [2.05, 4.69) is 9.98 Å². The number of benzene rings is 1. The third kappa shape index (κ3) is 3.90. The zero-order chi connectivity index (χ0) is 20.4. The Morgan fingerprint density at radius 3 is 2.69 bits per heavy atom. The molecule has 10 heteroatoms. The highest BCUT2D eigenvalue weighted by Gasteiger charge is 2.34. The molecule has 29 heavy (non-hydrogen) atoms. The summed E-state index contributed by atoms with van der Waals surface area (Å²) in [5.74, 6) is 2.51. The minimum atomic E-state index is -1.27. The number of para-hydroxylation sites is 1. The van der Waals surface area contributed by atoms with Gasteiger partial charge in [-0.1, -0.05) is 18.2 Å². The maximum absolute atomic E-state index is 14.9. The van der Waals surface area contributed by atoms with E-state index in [0.717, 1.165) is 11.6 Å². The van der Waals surface area contributed by atoms with Crippen LogP contribution in [0.15, 0.2) is 47.5 Å². The first-order valence-corrected chi connectivity index (χ1v) is 10.5. The molecule has 8 nitrogen and oxygen atoms in total. The molecule has 1 saturated heterocycles. The number of hydrogen-bond acceptors (Lipinski definition) is 8. The van der Waals surface area contributed by atoms with E-state index in [0.29, 0.717) is 36.9 Å². The molecule has 2 aromatic rings. The van der Waals surface area contributed by atoms with Gasteiger partial charge in [0.1, 0.15) is 11.7 Å². The van der Waals surface area contributed by atoms with Crippen molar-refractivity contribution >= 4 is 40.6 Å². The first kappa shape index (κ1) is 19.6. The minimum absolute atomic E-state index is 0.105. The Hall–Kier alpha value is -2.72. The largest absolute Gasteiger partial charge is 0.313 e. The normalized spacial score (nSPS) is 19.9. The van der Waals surface area contributed by atoms with E-state index < -0.39 is 11.2 Å². The number of pyridine rings is 1. The van der Waals surface area contributed by atoms with E-state index in [4.69, 9.17) is 0 Å². The van der Waals surface area contributed by atoms with Gasteiger partial charge in [-0.25, -0.2) is 14.4 Å². The summed E-state index contributed by atoms with van der Waals surface area (Å²) in [4.78, 5) is 22.2. The Morgan fingerprint density at radius 2 is 2.03 bits per heavy atom. The molecule has 2 aliphatic heterocycles. The van der Waals surface area contributed by atoms with Crippen molar-refractivity contribution in [1.82, 2.24) is 9.99 Å². The number of nitro groups is 1. The van der Waals surface area contributed by atoms with Crippen LogP contribution in [0.25, 0.3) is 0 Å². The molecule has 1 fully saturated rings. The highest BCUT2D eigenvalue weighted by atomic mass is 32.2. The fourth-order valence-corrected chi connectivity index (χ4v) is 4.32. The molecule has 1 atom stereocenters. The van der Waals surface area contributed by atoms with Crippen LogP contribution >= 0.6 is 11.8 Å². The van der Waals surface area contributed by atoms with Gasteiger partial charge in [-0.3, -0.25) is 15.1 Å². The summed E-state index contributed by atoms with van der Waals surface area (Å²) < 4.78 is 14.9. The zero-order valence-corrected chi connectivity index (χ0v) is 16.8. The average molecular weight is 416 g/mol. The fraction of sp³-hybridized carbons (Fsp3) is 0.368. The molecule has 2 aliphatic rings. The van der Waals surface area contributed by atoms with Crippen molar-refractivity contribution in [1.29, 1.82) is 0 Å². The fourth-order valence-electron chi connectivity index (χ4n) is 3.47. The Labute approximate surface area is 172 Å². The van der Waals surface area contributed by atoms with Gasteiger partial charge >= 0.3 is 5.69 Å². The Kier molecular flexibility index (Phi) is 5.63. The van der Waals surface area contributed by atoms with Crippen molar-refractivity contribution in [2.45, 2.75) is 13.2 Å². The molecule has 0 spiro atoms. The van der Waals surface area contributed by atoms with Crippen molar-refractivity contribution in [3.63, 3.8) is 0 Å². The molecule has 1 aromatic heterocycles. The molecule has 4 rings (SSSR count). The highest BCUT2D eigenvalue weighted by Crippen LogP contribution is 2.37. The van der Waals surface area contributed by atoms with Gasteiger partial charge in [0.2, 0.25) is 5.82 Å². The second kappa shape index (κ2) is 8.34. The smallest absolute Gasteiger partial charge is 0.313 e. The molecule has 0 bridgehead atoms. The molecule has 0 N–H and O–H groups in total. The Bertz CT molecular complexity index is 928. The van der Waals surface area contributed by atoms with E-state index in [9.17, 15) is 14.5 Å². The third-order valence-electron chi connectivity index (χ3n) is 4.87. The summed E-state index contributed by atoms with van der Waals surface area (Å²) >= 11 is 1.53. The monoisotopic (exact) mass is 416 g/mol. The number of amidine groups is 1. The van der Waals surface area contributed by atoms with Crippen molar-refractivity contribution in [2.24, 2.45) is 4.99 Å². The van der Waals surface area contributed by atoms with Gasteiger partial charge in [-0.2, -0.15) is 16.8 Å². The third-order valence-corrected chi connectivity index (χ3v) is 5.85. The quantitative estimate of drug-likeness (QED) is 0.418. The van der Waals surface area contributed by atoms with E-state index in [1.165, 1.54) is 22.8 Å². The molecule has 0 amide bonds. The predicted octanol–water partition coefficient (Wildman–Crippen LogP) is 3.63. The van der Waals surface area contributed by atoms with E-state index >= 15 is 0 Å². The van der Waals surface area contributed by atoms with Crippen LogP contribution < -0.4 is 9.91 Å². The van der Waals surface area contributed by atoms with Gasteiger partial charge in [0.15, 0.2) is 6.30 Å². The first-order valence-electron chi connectivity index (χ1n) is 9.34. The Balaban J connectivity index is 1.86. The van der Waals surface area contributed by atoms with Crippen molar-refractivity contribution < 1.29 is 9.31 Å². The Morgan fingerprint density at radius 1 is 1.24 bits per heavy atom. The van der Waals surface area contributed by atoms with Crippen LogP contribution in [0.1, 0.15) is 6.92 Å². The average Bonchev–Trinajstić information content (AvgIpc) is 3.16. The van der Waals surface area contributed by atoms with E-state index in [1.807, 2.05) is 30.0 Å². The number of rotatable bonds is 5. The summed E-state index contributed by atoms with van der Waals surface area (Å²) in [7, 11) is 0. The molecule has 1 aromatic carbocycles.